The van der Waals surface area contributed by atoms with Gasteiger partial charge in [0.15, 0.2) is 5.82 Å². The number of nitrogens with two attached hydrogens (primary N) is 1. The molecule has 0 saturated carbocycles. The second-order valence-electron chi connectivity index (χ2n) is 6.50. The number of aryl methyl sites for hydroxylation is 1. The Labute approximate surface area is 170 Å². The fourth-order valence-corrected chi connectivity index (χ4v) is 2.85. The molecule has 7 nitrogen and oxygen atoms in total. The summed E-state index contributed by atoms with van der Waals surface area (Å²) in [5.74, 6) is 0.202. The van der Waals surface area contributed by atoms with Crippen LogP contribution >= 0.6 is 0 Å². The molecule has 2 amide bonds. The Balaban J connectivity index is 1.64. The van der Waals surface area contributed by atoms with Gasteiger partial charge >= 0.3 is 12.4 Å². The lowest BCUT2D eigenvalue weighted by atomic mass is 10.0. The number of amides is 2. The molecule has 1 aromatic heterocycles. The van der Waals surface area contributed by atoms with Crippen molar-refractivity contribution in [3.05, 3.63) is 60.4 Å². The third kappa shape index (κ3) is 6.23. The average molecular weight is 419 g/mol. The van der Waals surface area contributed by atoms with E-state index in [0.29, 0.717) is 18.1 Å². The van der Waals surface area contributed by atoms with Crippen LogP contribution in [0.4, 0.5) is 18.0 Å². The minimum absolute atomic E-state index is 0.301. The highest BCUT2D eigenvalue weighted by molar-refractivity contribution is 5.71. The van der Waals surface area contributed by atoms with Crippen molar-refractivity contribution in [1.29, 1.82) is 0 Å². The number of carbonyl (C=O) groups is 1. The van der Waals surface area contributed by atoms with Gasteiger partial charge in [0, 0.05) is 12.1 Å². The summed E-state index contributed by atoms with van der Waals surface area (Å²) in [4.78, 5) is 14.9. The van der Waals surface area contributed by atoms with Crippen LogP contribution in [0.1, 0.15) is 18.4 Å². The van der Waals surface area contributed by atoms with Crippen molar-refractivity contribution >= 4 is 6.03 Å². The molecular formula is C20H20F3N5O2. The number of carbonyl (C=O) groups excluding carboxylic acids is 1. The van der Waals surface area contributed by atoms with Gasteiger partial charge in [-0.05, 0) is 55.2 Å². The van der Waals surface area contributed by atoms with Crippen molar-refractivity contribution in [3.63, 3.8) is 0 Å². The highest BCUT2D eigenvalue weighted by Crippen LogP contribution is 2.24. The van der Waals surface area contributed by atoms with Crippen LogP contribution in [-0.4, -0.2) is 33.7 Å². The maximum atomic E-state index is 12.3. The van der Waals surface area contributed by atoms with Crippen molar-refractivity contribution in [3.8, 4) is 22.8 Å². The number of nitrogens with zero attached hydrogens (tertiary/aromatic N) is 3. The normalized spacial score (nSPS) is 11.3. The van der Waals surface area contributed by atoms with E-state index in [-0.39, 0.29) is 5.75 Å². The first-order valence-electron chi connectivity index (χ1n) is 9.21. The lowest BCUT2D eigenvalue weighted by Crippen LogP contribution is -2.30. The predicted octanol–water partition coefficient (Wildman–Crippen LogP) is 3.82. The molecule has 3 N–H and O–H groups in total. The van der Waals surface area contributed by atoms with Gasteiger partial charge in [-0.15, -0.1) is 18.3 Å². The zero-order valence-corrected chi connectivity index (χ0v) is 15.9. The summed E-state index contributed by atoms with van der Waals surface area (Å²) in [5.41, 5.74) is 7.53. The van der Waals surface area contributed by atoms with Crippen LogP contribution in [0.2, 0.25) is 0 Å². The quantitative estimate of drug-likeness (QED) is 0.543. The van der Waals surface area contributed by atoms with Crippen molar-refractivity contribution in [2.45, 2.75) is 25.6 Å². The van der Waals surface area contributed by atoms with Gasteiger partial charge < -0.3 is 15.8 Å². The van der Waals surface area contributed by atoms with Crippen molar-refractivity contribution in [1.82, 2.24) is 20.1 Å². The summed E-state index contributed by atoms with van der Waals surface area (Å²) in [6, 6.07) is 12.6. The number of primary amides is 1. The van der Waals surface area contributed by atoms with Gasteiger partial charge in [-0.1, -0.05) is 18.2 Å². The SMILES string of the molecule is NC(=O)NCCCCc1cccc(-c2ncn(-c3ccc(OC(F)(F)F)cc3)n2)c1. The number of unbranched alkanes of at least 4 members (excludes halogenated alkanes) is 1. The number of hydrogen-bond donors (Lipinski definition) is 2. The molecule has 1 heterocycles. The van der Waals surface area contributed by atoms with Crippen LogP contribution in [0.5, 0.6) is 5.75 Å². The number of rotatable bonds is 8. The second-order valence-corrected chi connectivity index (χ2v) is 6.50. The van der Waals surface area contributed by atoms with Crippen molar-refractivity contribution < 1.29 is 22.7 Å². The van der Waals surface area contributed by atoms with Crippen LogP contribution in [0.15, 0.2) is 54.9 Å². The number of aromatic nitrogens is 3. The molecule has 158 valence electrons. The van der Waals surface area contributed by atoms with E-state index in [4.69, 9.17) is 5.73 Å². The van der Waals surface area contributed by atoms with E-state index in [1.807, 2.05) is 24.3 Å². The number of benzene rings is 2. The number of nitrogens with one attached hydrogen (secondary N) is 1. The molecule has 0 aliphatic heterocycles. The van der Waals surface area contributed by atoms with E-state index in [9.17, 15) is 18.0 Å². The topological polar surface area (TPSA) is 95.1 Å². The van der Waals surface area contributed by atoms with E-state index >= 15 is 0 Å². The summed E-state index contributed by atoms with van der Waals surface area (Å²) >= 11 is 0. The Morgan fingerprint density at radius 3 is 2.60 bits per heavy atom. The number of ether oxygens (including phenoxy) is 1. The fourth-order valence-electron chi connectivity index (χ4n) is 2.85. The highest BCUT2D eigenvalue weighted by atomic mass is 19.4. The third-order valence-corrected chi connectivity index (χ3v) is 4.20. The first kappa shape index (κ1) is 21.2. The molecule has 3 rings (SSSR count). The zero-order valence-electron chi connectivity index (χ0n) is 15.9. The van der Waals surface area contributed by atoms with E-state index in [2.05, 4.69) is 20.1 Å². The van der Waals surface area contributed by atoms with Gasteiger partial charge in [-0.25, -0.2) is 14.5 Å². The maximum Gasteiger partial charge on any atom is 0.573 e. The van der Waals surface area contributed by atoms with E-state index in [0.717, 1.165) is 30.4 Å². The lowest BCUT2D eigenvalue weighted by Gasteiger charge is -2.09. The second kappa shape index (κ2) is 9.29. The standard InChI is InChI=1S/C20H20F3N5O2/c21-20(22,23)30-17-9-7-16(8-10-17)28-13-26-18(27-28)15-6-3-5-14(12-15)4-1-2-11-25-19(24)29/h3,5-10,12-13H,1-2,4,11H2,(H3,24,25,29). The number of urea groups is 1. The van der Waals surface area contributed by atoms with Crippen LogP contribution in [0, 0.1) is 0 Å². The first-order chi connectivity index (χ1) is 14.3. The molecule has 0 aliphatic rings. The molecule has 0 saturated heterocycles. The Hall–Kier alpha value is -3.56. The molecule has 0 radical (unpaired) electrons. The lowest BCUT2D eigenvalue weighted by molar-refractivity contribution is -0.274. The summed E-state index contributed by atoms with van der Waals surface area (Å²) in [7, 11) is 0. The Morgan fingerprint density at radius 2 is 1.90 bits per heavy atom. The first-order valence-corrected chi connectivity index (χ1v) is 9.21. The minimum atomic E-state index is -4.73. The number of alkyl halides is 3. The smallest absolute Gasteiger partial charge is 0.406 e. The fraction of sp³-hybridized carbons (Fsp3) is 0.250. The maximum absolute atomic E-state index is 12.3. The predicted molar refractivity (Wildman–Crippen MR) is 104 cm³/mol. The van der Waals surface area contributed by atoms with E-state index < -0.39 is 12.4 Å². The number of halogens is 3. The molecular weight excluding hydrogens is 399 g/mol. The summed E-state index contributed by atoms with van der Waals surface area (Å²) in [5, 5.41) is 6.96. The number of hydrogen-bond acceptors (Lipinski definition) is 4. The molecule has 0 bridgehead atoms. The third-order valence-electron chi connectivity index (χ3n) is 4.20. The Morgan fingerprint density at radius 1 is 1.13 bits per heavy atom. The molecule has 0 atom stereocenters. The monoisotopic (exact) mass is 419 g/mol. The van der Waals surface area contributed by atoms with Gasteiger partial charge in [0.1, 0.15) is 12.1 Å². The van der Waals surface area contributed by atoms with E-state index in [1.54, 1.807) is 0 Å². The van der Waals surface area contributed by atoms with Crippen LogP contribution < -0.4 is 15.8 Å². The molecule has 0 unspecified atom stereocenters. The molecule has 0 aliphatic carbocycles. The van der Waals surface area contributed by atoms with E-state index in [1.165, 1.54) is 35.3 Å². The highest BCUT2D eigenvalue weighted by Gasteiger charge is 2.31. The van der Waals surface area contributed by atoms with Crippen LogP contribution in [-0.2, 0) is 6.42 Å². The Kier molecular flexibility index (Phi) is 6.55. The molecule has 0 fully saturated rings. The summed E-state index contributed by atoms with van der Waals surface area (Å²) < 4.78 is 42.1. The molecule has 10 heteroatoms. The minimum Gasteiger partial charge on any atom is -0.406 e. The van der Waals surface area contributed by atoms with Gasteiger partial charge in [-0.3, -0.25) is 0 Å². The van der Waals surface area contributed by atoms with Gasteiger partial charge in [-0.2, -0.15) is 0 Å². The molecule has 0 spiro atoms. The van der Waals surface area contributed by atoms with Crippen molar-refractivity contribution in [2.24, 2.45) is 5.73 Å². The summed E-state index contributed by atoms with van der Waals surface area (Å²) in [6.07, 6.45) is -0.704. The summed E-state index contributed by atoms with van der Waals surface area (Å²) in [6.45, 7) is 0.536. The van der Waals surface area contributed by atoms with Crippen molar-refractivity contribution in [2.75, 3.05) is 6.54 Å². The zero-order chi connectivity index (χ0) is 21.6. The van der Waals surface area contributed by atoms with Crippen LogP contribution in [0.3, 0.4) is 0 Å². The van der Waals surface area contributed by atoms with Crippen LogP contribution in [0.25, 0.3) is 17.1 Å². The molecule has 30 heavy (non-hydrogen) atoms. The largest absolute Gasteiger partial charge is 0.573 e. The average Bonchev–Trinajstić information content (AvgIpc) is 3.17. The van der Waals surface area contributed by atoms with Gasteiger partial charge in [0.2, 0.25) is 0 Å². The molecule has 3 aromatic rings. The molecule has 2 aromatic carbocycles. The Bertz CT molecular complexity index is 987. The van der Waals surface area contributed by atoms with Gasteiger partial charge in [0.05, 0.1) is 5.69 Å². The van der Waals surface area contributed by atoms with Gasteiger partial charge in [0.25, 0.3) is 0 Å².